The maximum atomic E-state index is 6.19. The van der Waals surface area contributed by atoms with Crippen LogP contribution in [-0.2, 0) is 6.54 Å². The molecule has 0 saturated carbocycles. The van der Waals surface area contributed by atoms with Crippen LogP contribution >= 0.6 is 27.5 Å². The van der Waals surface area contributed by atoms with Crippen molar-refractivity contribution in [2.24, 2.45) is 0 Å². The summed E-state index contributed by atoms with van der Waals surface area (Å²) in [7, 11) is 0. The van der Waals surface area contributed by atoms with Gasteiger partial charge in [-0.3, -0.25) is 0 Å². The highest BCUT2D eigenvalue weighted by molar-refractivity contribution is 9.10. The van der Waals surface area contributed by atoms with E-state index in [0.717, 1.165) is 32.4 Å². The normalized spacial score (nSPS) is 10.9. The highest BCUT2D eigenvalue weighted by Gasteiger charge is 2.18. The minimum Gasteiger partial charge on any atom is -0.339 e. The molecule has 0 spiro atoms. The fourth-order valence-electron chi connectivity index (χ4n) is 3.46. The Morgan fingerprint density at radius 3 is 2.34 bits per heavy atom. The number of rotatable bonds is 6. The van der Waals surface area contributed by atoms with Crippen molar-refractivity contribution < 1.29 is 0 Å². The van der Waals surface area contributed by atoms with Crippen LogP contribution < -0.4 is 10.6 Å². The monoisotopic (exact) mass is 504 g/mol. The molecule has 3 aromatic carbocycles. The lowest BCUT2D eigenvalue weighted by Crippen LogP contribution is -2.03. The van der Waals surface area contributed by atoms with Crippen molar-refractivity contribution in [1.82, 2.24) is 19.7 Å². The zero-order chi connectivity index (χ0) is 21.9. The van der Waals surface area contributed by atoms with E-state index in [2.05, 4.69) is 48.7 Å². The van der Waals surface area contributed by atoms with Gasteiger partial charge in [0.15, 0.2) is 11.5 Å². The second-order valence-corrected chi connectivity index (χ2v) is 8.54. The molecule has 8 heteroatoms. The van der Waals surface area contributed by atoms with E-state index in [-0.39, 0.29) is 0 Å². The molecule has 0 radical (unpaired) electrons. The minimum atomic E-state index is 0.585. The Labute approximate surface area is 198 Å². The second-order valence-electron chi connectivity index (χ2n) is 7.18. The third-order valence-corrected chi connectivity index (χ3v) is 5.61. The third kappa shape index (κ3) is 4.44. The van der Waals surface area contributed by atoms with E-state index < -0.39 is 0 Å². The van der Waals surface area contributed by atoms with Gasteiger partial charge < -0.3 is 10.6 Å². The highest BCUT2D eigenvalue weighted by atomic mass is 79.9. The molecule has 0 unspecified atom stereocenters. The Kier molecular flexibility index (Phi) is 5.75. The lowest BCUT2D eigenvalue weighted by Gasteiger charge is -2.09. The van der Waals surface area contributed by atoms with E-state index in [1.54, 1.807) is 6.33 Å². The topological polar surface area (TPSA) is 67.7 Å². The Morgan fingerprint density at radius 2 is 1.56 bits per heavy atom. The molecule has 0 aliphatic rings. The molecule has 2 N–H and O–H groups in total. The lowest BCUT2D eigenvalue weighted by atomic mass is 10.2. The predicted molar refractivity (Wildman–Crippen MR) is 133 cm³/mol. The maximum Gasteiger partial charge on any atom is 0.165 e. The van der Waals surface area contributed by atoms with Gasteiger partial charge in [-0.15, -0.1) is 0 Å². The largest absolute Gasteiger partial charge is 0.339 e. The first-order valence-corrected chi connectivity index (χ1v) is 11.1. The number of hydrogen-bond donors (Lipinski definition) is 2. The van der Waals surface area contributed by atoms with E-state index in [4.69, 9.17) is 16.7 Å². The molecule has 2 heterocycles. The molecule has 158 valence electrons. The molecule has 0 aliphatic carbocycles. The lowest BCUT2D eigenvalue weighted by molar-refractivity contribution is 0.707. The maximum absolute atomic E-state index is 6.19. The van der Waals surface area contributed by atoms with E-state index >= 15 is 0 Å². The van der Waals surface area contributed by atoms with Gasteiger partial charge in [0.05, 0.1) is 6.54 Å². The molecule has 0 amide bonds. The molecule has 0 fully saturated rings. The van der Waals surface area contributed by atoms with Crippen molar-refractivity contribution in [3.05, 3.63) is 100 Å². The molecular weight excluding hydrogens is 488 g/mol. The molecule has 5 aromatic rings. The average molecular weight is 506 g/mol. The smallest absolute Gasteiger partial charge is 0.165 e. The fraction of sp³-hybridized carbons (Fsp3) is 0.0417. The van der Waals surface area contributed by atoms with Crippen molar-refractivity contribution in [3.63, 3.8) is 0 Å². The minimum absolute atomic E-state index is 0.585. The van der Waals surface area contributed by atoms with Crippen molar-refractivity contribution in [2.45, 2.75) is 6.54 Å². The van der Waals surface area contributed by atoms with Crippen LogP contribution in [-0.4, -0.2) is 19.7 Å². The van der Waals surface area contributed by atoms with E-state index in [9.17, 15) is 0 Å². The number of nitrogens with zero attached hydrogens (tertiary/aromatic N) is 4. The second kappa shape index (κ2) is 8.98. The number of nitrogens with one attached hydrogen (secondary N) is 2. The summed E-state index contributed by atoms with van der Waals surface area (Å²) in [6.07, 6.45) is 1.55. The highest BCUT2D eigenvalue weighted by Crippen LogP contribution is 2.32. The van der Waals surface area contributed by atoms with E-state index in [0.29, 0.717) is 23.2 Å². The quantitative estimate of drug-likeness (QED) is 0.266. The first-order valence-electron chi connectivity index (χ1n) is 9.96. The summed E-state index contributed by atoms with van der Waals surface area (Å²) in [5.41, 5.74) is 3.60. The molecule has 0 atom stereocenters. The summed E-state index contributed by atoms with van der Waals surface area (Å²) in [6, 6.07) is 25.6. The van der Waals surface area contributed by atoms with E-state index in [1.807, 2.05) is 71.4 Å². The van der Waals surface area contributed by atoms with Gasteiger partial charge in [-0.05, 0) is 42.0 Å². The molecule has 2 aromatic heterocycles. The molecule has 0 aliphatic heterocycles. The Hall–Kier alpha value is -3.42. The summed E-state index contributed by atoms with van der Waals surface area (Å²) in [5, 5.41) is 13.1. The number of anilines is 4. The van der Waals surface area contributed by atoms with Crippen LogP contribution in [0.3, 0.4) is 0 Å². The number of fused-ring (bicyclic) bond motifs is 1. The number of halogens is 2. The number of aromatic nitrogens is 4. The van der Waals surface area contributed by atoms with Gasteiger partial charge in [-0.25, -0.2) is 14.6 Å². The van der Waals surface area contributed by atoms with Crippen molar-refractivity contribution in [1.29, 1.82) is 0 Å². The van der Waals surface area contributed by atoms with Crippen LogP contribution in [0.1, 0.15) is 5.56 Å². The summed E-state index contributed by atoms with van der Waals surface area (Å²) in [6.45, 7) is 0.585. The van der Waals surface area contributed by atoms with Crippen molar-refractivity contribution in [3.8, 4) is 0 Å². The van der Waals surface area contributed by atoms with Gasteiger partial charge >= 0.3 is 0 Å². The van der Waals surface area contributed by atoms with Gasteiger partial charge in [-0.1, -0.05) is 70.0 Å². The summed E-state index contributed by atoms with van der Waals surface area (Å²) in [5.74, 6) is 1.31. The van der Waals surface area contributed by atoms with Gasteiger partial charge in [0.25, 0.3) is 0 Å². The van der Waals surface area contributed by atoms with Crippen LogP contribution in [0.15, 0.2) is 89.7 Å². The molecule has 32 heavy (non-hydrogen) atoms. The van der Waals surface area contributed by atoms with Crippen LogP contribution in [0.5, 0.6) is 0 Å². The van der Waals surface area contributed by atoms with Gasteiger partial charge in [0, 0.05) is 20.9 Å². The average Bonchev–Trinajstić information content (AvgIpc) is 3.12. The zero-order valence-electron chi connectivity index (χ0n) is 16.8. The van der Waals surface area contributed by atoms with Crippen LogP contribution in [0.4, 0.5) is 23.0 Å². The summed E-state index contributed by atoms with van der Waals surface area (Å²) >= 11 is 9.71. The molecule has 6 nitrogen and oxygen atoms in total. The third-order valence-electron chi connectivity index (χ3n) is 4.88. The Bertz CT molecular complexity index is 1390. The first-order chi connectivity index (χ1) is 15.7. The number of benzene rings is 3. The Morgan fingerprint density at radius 1 is 0.812 bits per heavy atom. The zero-order valence-corrected chi connectivity index (χ0v) is 19.2. The van der Waals surface area contributed by atoms with Crippen LogP contribution in [0.2, 0.25) is 5.02 Å². The predicted octanol–water partition coefficient (Wildman–Crippen LogP) is 6.78. The fourth-order valence-corrected chi connectivity index (χ4v) is 4.05. The van der Waals surface area contributed by atoms with Gasteiger partial charge in [0.2, 0.25) is 0 Å². The number of hydrogen-bond acceptors (Lipinski definition) is 5. The van der Waals surface area contributed by atoms with Gasteiger partial charge in [-0.2, -0.15) is 5.10 Å². The Balaban J connectivity index is 1.62. The molecule has 5 rings (SSSR count). The molecule has 0 bridgehead atoms. The SMILES string of the molecule is Clc1cccc(Nc2nn(Cc3ccccc3)c3ncnc(Nc4cccc(Br)c4)c23)c1. The standard InChI is InChI=1S/C24H18BrClN6/c25-17-8-4-10-19(12-17)29-22-21-23(30-20-11-5-9-18(26)13-20)31-32(24(21)28-15-27-22)14-16-6-2-1-3-7-16/h1-13,15H,14H2,(H,30,31)(H,27,28,29). The van der Waals surface area contributed by atoms with Crippen LogP contribution in [0, 0.1) is 0 Å². The van der Waals surface area contributed by atoms with Gasteiger partial charge in [0.1, 0.15) is 17.5 Å². The molecule has 0 saturated heterocycles. The van der Waals surface area contributed by atoms with Crippen LogP contribution in [0.25, 0.3) is 11.0 Å². The first kappa shape index (κ1) is 20.5. The molecular formula is C24H18BrClN6. The van der Waals surface area contributed by atoms with Crippen molar-refractivity contribution in [2.75, 3.05) is 10.6 Å². The summed E-state index contributed by atoms with van der Waals surface area (Å²) in [4.78, 5) is 9.07. The van der Waals surface area contributed by atoms with Crippen molar-refractivity contribution >= 4 is 61.6 Å². The summed E-state index contributed by atoms with van der Waals surface area (Å²) < 4.78 is 2.86. The van der Waals surface area contributed by atoms with E-state index in [1.165, 1.54) is 0 Å².